The fourth-order valence-electron chi connectivity index (χ4n) is 3.01. The Morgan fingerprint density at radius 1 is 0.950 bits per heavy atom. The summed E-state index contributed by atoms with van der Waals surface area (Å²) in [5.74, 6) is 0. The lowest BCUT2D eigenvalue weighted by atomic mass is 10.1. The number of hydrogen-bond donors (Lipinski definition) is 0. The molecule has 0 saturated heterocycles. The Balaban J connectivity index is 2.22. The summed E-state index contributed by atoms with van der Waals surface area (Å²) in [6, 6.07) is 19.2. The van der Waals surface area contributed by atoms with E-state index in [0.717, 1.165) is 24.1 Å². The van der Waals surface area contributed by atoms with Crippen molar-refractivity contribution in [2.75, 3.05) is 0 Å². The maximum absolute atomic E-state index is 4.90. The van der Waals surface area contributed by atoms with Crippen molar-refractivity contribution in [3.05, 3.63) is 54.6 Å². The molecule has 0 radical (unpaired) electrons. The van der Waals surface area contributed by atoms with Gasteiger partial charge >= 0.3 is 0 Å². The topological polar surface area (TPSA) is 17.8 Å². The van der Waals surface area contributed by atoms with Crippen molar-refractivity contribution in [2.45, 2.75) is 19.9 Å². The van der Waals surface area contributed by atoms with E-state index in [2.05, 4.69) is 60.0 Å². The zero-order valence-corrected chi connectivity index (χ0v) is 11.5. The summed E-state index contributed by atoms with van der Waals surface area (Å²) in [6.45, 7) is 3.22. The highest BCUT2D eigenvalue weighted by atomic mass is 15.0. The molecule has 2 nitrogen and oxygen atoms in total. The monoisotopic (exact) mass is 260 g/mol. The maximum Gasteiger partial charge on any atom is 0.141 e. The maximum atomic E-state index is 4.90. The van der Waals surface area contributed by atoms with E-state index in [-0.39, 0.29) is 0 Å². The van der Waals surface area contributed by atoms with Gasteiger partial charge in [0.05, 0.1) is 11.0 Å². The van der Waals surface area contributed by atoms with Gasteiger partial charge in [-0.3, -0.25) is 0 Å². The number of aryl methyl sites for hydroxylation is 1. The van der Waals surface area contributed by atoms with Crippen LogP contribution >= 0.6 is 0 Å². The van der Waals surface area contributed by atoms with Gasteiger partial charge in [-0.05, 0) is 24.6 Å². The third-order valence-electron chi connectivity index (χ3n) is 3.89. The number of para-hydroxylation sites is 2. The minimum Gasteiger partial charge on any atom is -0.325 e. The predicted molar refractivity (Wildman–Crippen MR) is 85.0 cm³/mol. The van der Waals surface area contributed by atoms with Crippen molar-refractivity contribution < 1.29 is 0 Å². The van der Waals surface area contributed by atoms with Gasteiger partial charge in [-0.1, -0.05) is 43.3 Å². The van der Waals surface area contributed by atoms with Crippen LogP contribution in [-0.2, 0) is 6.54 Å². The molecule has 0 amide bonds. The molecule has 4 aromatic rings. The van der Waals surface area contributed by atoms with Gasteiger partial charge in [-0.25, -0.2) is 4.98 Å². The Hall–Kier alpha value is -2.35. The Morgan fingerprint density at radius 2 is 1.75 bits per heavy atom. The average molecular weight is 260 g/mol. The molecule has 2 heterocycles. The van der Waals surface area contributed by atoms with Crippen LogP contribution in [0.2, 0.25) is 0 Å². The number of aromatic nitrogens is 2. The molecular weight excluding hydrogens is 244 g/mol. The highest BCUT2D eigenvalue weighted by Gasteiger charge is 2.11. The molecule has 0 spiro atoms. The zero-order chi connectivity index (χ0) is 13.5. The second-order valence-electron chi connectivity index (χ2n) is 5.22. The molecule has 0 aliphatic rings. The van der Waals surface area contributed by atoms with Crippen LogP contribution in [-0.4, -0.2) is 9.55 Å². The van der Waals surface area contributed by atoms with Gasteiger partial charge in [-0.15, -0.1) is 0 Å². The first-order valence-corrected chi connectivity index (χ1v) is 7.15. The van der Waals surface area contributed by atoms with Crippen LogP contribution in [0.3, 0.4) is 0 Å². The zero-order valence-electron chi connectivity index (χ0n) is 11.5. The van der Waals surface area contributed by atoms with Crippen molar-refractivity contribution in [3.63, 3.8) is 0 Å². The Kier molecular flexibility index (Phi) is 2.49. The Labute approximate surface area is 117 Å². The van der Waals surface area contributed by atoms with Gasteiger partial charge in [0.25, 0.3) is 0 Å². The SMILES string of the molecule is CCCn1c2ccccc2c2cc3ccccc3nc21. The number of hydrogen-bond acceptors (Lipinski definition) is 1. The second kappa shape index (κ2) is 4.34. The third-order valence-corrected chi connectivity index (χ3v) is 3.89. The van der Waals surface area contributed by atoms with Crippen LogP contribution < -0.4 is 0 Å². The van der Waals surface area contributed by atoms with E-state index in [1.807, 2.05) is 6.07 Å². The first-order valence-electron chi connectivity index (χ1n) is 7.15. The van der Waals surface area contributed by atoms with Gasteiger partial charge in [0.2, 0.25) is 0 Å². The van der Waals surface area contributed by atoms with Gasteiger partial charge in [0, 0.05) is 22.7 Å². The lowest BCUT2D eigenvalue weighted by Crippen LogP contribution is -1.97. The standard InChI is InChI=1S/C18H16N2/c1-2-11-20-17-10-6-4-8-14(17)15-12-13-7-3-5-9-16(13)19-18(15)20/h3-10,12H,2,11H2,1H3. The molecule has 0 N–H and O–H groups in total. The first-order chi connectivity index (χ1) is 9.88. The molecule has 98 valence electrons. The summed E-state index contributed by atoms with van der Waals surface area (Å²) >= 11 is 0. The molecule has 2 aromatic heterocycles. The van der Waals surface area contributed by atoms with Crippen molar-refractivity contribution in [1.82, 2.24) is 9.55 Å². The molecule has 0 unspecified atom stereocenters. The van der Waals surface area contributed by atoms with Crippen LogP contribution in [0.4, 0.5) is 0 Å². The minimum atomic E-state index is 1.01. The summed E-state index contributed by atoms with van der Waals surface area (Å²) in [7, 11) is 0. The fraction of sp³-hybridized carbons (Fsp3) is 0.167. The van der Waals surface area contributed by atoms with Crippen LogP contribution in [0.15, 0.2) is 54.6 Å². The van der Waals surface area contributed by atoms with Gasteiger partial charge in [0.15, 0.2) is 0 Å². The molecule has 0 bridgehead atoms. The van der Waals surface area contributed by atoms with Crippen LogP contribution in [0, 0.1) is 0 Å². The summed E-state index contributed by atoms with van der Waals surface area (Å²) in [5.41, 5.74) is 3.46. The van der Waals surface area contributed by atoms with E-state index in [4.69, 9.17) is 4.98 Å². The normalized spacial score (nSPS) is 11.7. The second-order valence-corrected chi connectivity index (χ2v) is 5.22. The molecule has 0 fully saturated rings. The molecule has 2 heteroatoms. The molecule has 20 heavy (non-hydrogen) atoms. The predicted octanol–water partition coefficient (Wildman–Crippen LogP) is 4.75. The van der Waals surface area contributed by atoms with Crippen LogP contribution in [0.5, 0.6) is 0 Å². The molecule has 0 atom stereocenters. The van der Waals surface area contributed by atoms with Crippen LogP contribution in [0.1, 0.15) is 13.3 Å². The lowest BCUT2D eigenvalue weighted by molar-refractivity contribution is 0.718. The number of pyridine rings is 1. The number of fused-ring (bicyclic) bond motifs is 4. The van der Waals surface area contributed by atoms with Crippen molar-refractivity contribution >= 4 is 32.8 Å². The van der Waals surface area contributed by atoms with Gasteiger partial charge in [0.1, 0.15) is 5.65 Å². The van der Waals surface area contributed by atoms with Crippen molar-refractivity contribution in [2.24, 2.45) is 0 Å². The summed E-state index contributed by atoms with van der Waals surface area (Å²) in [5, 5.41) is 3.77. The quantitative estimate of drug-likeness (QED) is 0.508. The average Bonchev–Trinajstić information content (AvgIpc) is 2.80. The minimum absolute atomic E-state index is 1.01. The van der Waals surface area contributed by atoms with Crippen molar-refractivity contribution in [1.29, 1.82) is 0 Å². The molecule has 0 saturated carbocycles. The summed E-state index contributed by atoms with van der Waals surface area (Å²) < 4.78 is 2.34. The summed E-state index contributed by atoms with van der Waals surface area (Å²) in [6.07, 6.45) is 1.11. The fourth-order valence-corrected chi connectivity index (χ4v) is 3.01. The first kappa shape index (κ1) is 11.5. The van der Waals surface area contributed by atoms with E-state index in [9.17, 15) is 0 Å². The lowest BCUT2D eigenvalue weighted by Gasteiger charge is -2.04. The van der Waals surface area contributed by atoms with Crippen molar-refractivity contribution in [3.8, 4) is 0 Å². The Morgan fingerprint density at radius 3 is 2.65 bits per heavy atom. The summed E-state index contributed by atoms with van der Waals surface area (Å²) in [4.78, 5) is 4.90. The molecule has 0 aliphatic heterocycles. The highest BCUT2D eigenvalue weighted by molar-refractivity contribution is 6.10. The largest absolute Gasteiger partial charge is 0.325 e. The number of benzene rings is 2. The number of nitrogens with zero attached hydrogens (tertiary/aromatic N) is 2. The molecular formula is C18H16N2. The van der Waals surface area contributed by atoms with E-state index in [1.54, 1.807) is 0 Å². The van der Waals surface area contributed by atoms with E-state index in [1.165, 1.54) is 21.7 Å². The molecule has 4 rings (SSSR count). The molecule has 0 aliphatic carbocycles. The van der Waals surface area contributed by atoms with E-state index < -0.39 is 0 Å². The van der Waals surface area contributed by atoms with Crippen LogP contribution in [0.25, 0.3) is 32.8 Å². The smallest absolute Gasteiger partial charge is 0.141 e. The van der Waals surface area contributed by atoms with E-state index >= 15 is 0 Å². The highest BCUT2D eigenvalue weighted by Crippen LogP contribution is 2.30. The van der Waals surface area contributed by atoms with Gasteiger partial charge < -0.3 is 4.57 Å². The Bertz CT molecular complexity index is 919. The van der Waals surface area contributed by atoms with Gasteiger partial charge in [-0.2, -0.15) is 0 Å². The number of rotatable bonds is 2. The van der Waals surface area contributed by atoms with E-state index in [0.29, 0.717) is 0 Å². The third kappa shape index (κ3) is 1.54. The molecule has 2 aromatic carbocycles.